The summed E-state index contributed by atoms with van der Waals surface area (Å²) in [5.74, 6) is -0.0715. The molecule has 0 bridgehead atoms. The lowest BCUT2D eigenvalue weighted by molar-refractivity contribution is -0.125. The van der Waals surface area contributed by atoms with Crippen LogP contribution >= 0.6 is 11.8 Å². The van der Waals surface area contributed by atoms with Crippen LogP contribution in [0.1, 0.15) is 53.6 Å². The van der Waals surface area contributed by atoms with Gasteiger partial charge in [-0.3, -0.25) is 4.79 Å². The largest absolute Gasteiger partial charge is 0.452 e. The molecule has 0 atom stereocenters. The van der Waals surface area contributed by atoms with Gasteiger partial charge >= 0.3 is 5.97 Å². The van der Waals surface area contributed by atoms with Crippen LogP contribution in [-0.4, -0.2) is 24.5 Å². The van der Waals surface area contributed by atoms with Crippen molar-refractivity contribution in [3.63, 3.8) is 0 Å². The lowest BCUT2D eigenvalue weighted by atomic mass is 9.95. The molecule has 1 amide bonds. The number of carbonyl (C=O) groups excluding carboxylic acids is 2. The number of hydrogen-bond acceptors (Lipinski definition) is 5. The van der Waals surface area contributed by atoms with Crippen molar-refractivity contribution in [3.05, 3.63) is 65.2 Å². The average molecular weight is 409 g/mol. The highest BCUT2D eigenvalue weighted by Gasteiger charge is 2.18. The Bertz CT molecular complexity index is 884. The van der Waals surface area contributed by atoms with Gasteiger partial charge in [0.1, 0.15) is 0 Å². The molecule has 0 aliphatic heterocycles. The third-order valence-corrected chi connectivity index (χ3v) is 6.03. The van der Waals surface area contributed by atoms with Gasteiger partial charge in [-0.1, -0.05) is 43.5 Å². The highest BCUT2D eigenvalue weighted by atomic mass is 32.2. The van der Waals surface area contributed by atoms with Crippen LogP contribution in [0, 0.1) is 11.3 Å². The second kappa shape index (κ2) is 10.7. The average Bonchev–Trinajstić information content (AvgIpc) is 2.77. The van der Waals surface area contributed by atoms with Gasteiger partial charge in [-0.05, 0) is 42.7 Å². The summed E-state index contributed by atoms with van der Waals surface area (Å²) >= 11 is 1.52. The minimum atomic E-state index is -0.494. The van der Waals surface area contributed by atoms with Gasteiger partial charge in [0.15, 0.2) is 6.61 Å². The number of benzene rings is 2. The van der Waals surface area contributed by atoms with Gasteiger partial charge < -0.3 is 10.1 Å². The maximum atomic E-state index is 12.5. The molecule has 1 aliphatic carbocycles. The zero-order chi connectivity index (χ0) is 20.5. The van der Waals surface area contributed by atoms with Crippen molar-refractivity contribution in [1.82, 2.24) is 5.32 Å². The molecule has 5 nitrogen and oxygen atoms in total. The molecule has 3 rings (SSSR count). The van der Waals surface area contributed by atoms with Gasteiger partial charge in [0.2, 0.25) is 0 Å². The Morgan fingerprint density at radius 1 is 1.07 bits per heavy atom. The van der Waals surface area contributed by atoms with Crippen LogP contribution < -0.4 is 5.32 Å². The van der Waals surface area contributed by atoms with E-state index in [1.54, 1.807) is 24.3 Å². The topological polar surface area (TPSA) is 79.2 Å². The molecule has 6 heteroatoms. The highest BCUT2D eigenvalue weighted by molar-refractivity contribution is 7.98. The van der Waals surface area contributed by atoms with Crippen molar-refractivity contribution >= 4 is 23.6 Å². The van der Waals surface area contributed by atoms with E-state index in [1.807, 2.05) is 24.3 Å². The summed E-state index contributed by atoms with van der Waals surface area (Å²) in [5, 5.41) is 11.8. The summed E-state index contributed by atoms with van der Waals surface area (Å²) in [6.07, 6.45) is 5.48. The molecule has 29 heavy (non-hydrogen) atoms. The Balaban J connectivity index is 1.53. The van der Waals surface area contributed by atoms with Crippen molar-refractivity contribution in [2.24, 2.45) is 0 Å². The van der Waals surface area contributed by atoms with Crippen LogP contribution in [0.25, 0.3) is 0 Å². The number of nitriles is 1. The molecule has 0 aromatic heterocycles. The minimum Gasteiger partial charge on any atom is -0.452 e. The number of thioether (sulfide) groups is 1. The first-order valence-electron chi connectivity index (χ1n) is 9.83. The minimum absolute atomic E-state index is 0.199. The SMILES string of the molecule is N#Cc1ccc(CSc2ccccc2C(=O)OCC(=O)NC2CCCCC2)cc1. The maximum absolute atomic E-state index is 12.5. The monoisotopic (exact) mass is 408 g/mol. The van der Waals surface area contributed by atoms with Crippen LogP contribution in [0.5, 0.6) is 0 Å². The zero-order valence-corrected chi connectivity index (χ0v) is 17.0. The van der Waals surface area contributed by atoms with Gasteiger partial charge in [0.25, 0.3) is 5.91 Å². The normalized spacial score (nSPS) is 14.0. The number of ether oxygens (including phenoxy) is 1. The van der Waals surface area contributed by atoms with E-state index < -0.39 is 5.97 Å². The first-order valence-corrected chi connectivity index (χ1v) is 10.8. The van der Waals surface area contributed by atoms with Gasteiger partial charge in [0, 0.05) is 16.7 Å². The van der Waals surface area contributed by atoms with Crippen molar-refractivity contribution in [3.8, 4) is 6.07 Å². The molecule has 1 N–H and O–H groups in total. The Labute approximate surface area is 175 Å². The maximum Gasteiger partial charge on any atom is 0.339 e. The Morgan fingerprint density at radius 2 is 1.79 bits per heavy atom. The fourth-order valence-electron chi connectivity index (χ4n) is 3.32. The standard InChI is InChI=1S/C23H24N2O3S/c24-14-17-10-12-18(13-11-17)16-29-21-9-5-4-8-20(21)23(27)28-15-22(26)25-19-6-2-1-3-7-19/h4-5,8-13,19H,1-3,6-7,15-16H2,(H,25,26). The smallest absolute Gasteiger partial charge is 0.339 e. The first kappa shape index (κ1) is 20.9. The van der Waals surface area contributed by atoms with Crippen LogP contribution in [0.2, 0.25) is 0 Å². The van der Waals surface area contributed by atoms with E-state index >= 15 is 0 Å². The molecular formula is C23H24N2O3S. The molecule has 0 radical (unpaired) electrons. The van der Waals surface area contributed by atoms with Crippen LogP contribution in [0.4, 0.5) is 0 Å². The first-order chi connectivity index (χ1) is 14.2. The lowest BCUT2D eigenvalue weighted by Gasteiger charge is -2.22. The third-order valence-electron chi connectivity index (χ3n) is 4.89. The Kier molecular flexibility index (Phi) is 7.71. The second-order valence-electron chi connectivity index (χ2n) is 7.07. The molecule has 1 aliphatic rings. The van der Waals surface area contributed by atoms with E-state index in [4.69, 9.17) is 10.00 Å². The van der Waals surface area contributed by atoms with Gasteiger partial charge in [-0.2, -0.15) is 5.26 Å². The molecule has 0 heterocycles. The molecule has 0 saturated heterocycles. The van der Waals surface area contributed by atoms with E-state index in [9.17, 15) is 9.59 Å². The van der Waals surface area contributed by atoms with Crippen molar-refractivity contribution in [2.45, 2.75) is 48.8 Å². The molecule has 0 spiro atoms. The van der Waals surface area contributed by atoms with Crippen LogP contribution in [0.15, 0.2) is 53.4 Å². The number of nitrogens with one attached hydrogen (secondary N) is 1. The van der Waals surface area contributed by atoms with E-state index in [-0.39, 0.29) is 18.6 Å². The highest BCUT2D eigenvalue weighted by Crippen LogP contribution is 2.27. The van der Waals surface area contributed by atoms with Crippen molar-refractivity contribution < 1.29 is 14.3 Å². The summed E-state index contributed by atoms with van der Waals surface area (Å²) in [7, 11) is 0. The van der Waals surface area contributed by atoms with Gasteiger partial charge in [-0.15, -0.1) is 11.8 Å². The summed E-state index contributed by atoms with van der Waals surface area (Å²) < 4.78 is 5.25. The fraction of sp³-hybridized carbons (Fsp3) is 0.348. The molecular weight excluding hydrogens is 384 g/mol. The van der Waals surface area contributed by atoms with Crippen molar-refractivity contribution in [2.75, 3.05) is 6.61 Å². The number of amides is 1. The zero-order valence-electron chi connectivity index (χ0n) is 16.2. The van der Waals surface area contributed by atoms with E-state index in [1.165, 1.54) is 18.2 Å². The number of carbonyl (C=O) groups is 2. The van der Waals surface area contributed by atoms with E-state index in [0.717, 1.165) is 36.1 Å². The molecule has 1 fully saturated rings. The quantitative estimate of drug-likeness (QED) is 0.541. The summed E-state index contributed by atoms with van der Waals surface area (Å²) in [4.78, 5) is 25.4. The molecule has 1 saturated carbocycles. The predicted octanol–water partition coefficient (Wildman–Crippen LogP) is 4.46. The second-order valence-corrected chi connectivity index (χ2v) is 8.09. The van der Waals surface area contributed by atoms with E-state index in [0.29, 0.717) is 16.9 Å². The third kappa shape index (κ3) is 6.37. The molecule has 2 aromatic rings. The number of rotatable bonds is 7. The summed E-state index contributed by atoms with van der Waals surface area (Å²) in [5.41, 5.74) is 2.13. The number of hydrogen-bond donors (Lipinski definition) is 1. The fourth-order valence-corrected chi connectivity index (χ4v) is 4.32. The van der Waals surface area contributed by atoms with Gasteiger partial charge in [-0.25, -0.2) is 4.79 Å². The number of esters is 1. The Morgan fingerprint density at radius 3 is 2.52 bits per heavy atom. The predicted molar refractivity (Wildman–Crippen MR) is 112 cm³/mol. The lowest BCUT2D eigenvalue weighted by Crippen LogP contribution is -2.38. The van der Waals surface area contributed by atoms with Crippen molar-refractivity contribution in [1.29, 1.82) is 5.26 Å². The molecule has 2 aromatic carbocycles. The molecule has 0 unspecified atom stereocenters. The van der Waals surface area contributed by atoms with E-state index in [2.05, 4.69) is 11.4 Å². The van der Waals surface area contributed by atoms with Crippen LogP contribution in [0.3, 0.4) is 0 Å². The number of nitrogens with zero attached hydrogens (tertiary/aromatic N) is 1. The van der Waals surface area contributed by atoms with Crippen LogP contribution in [-0.2, 0) is 15.3 Å². The van der Waals surface area contributed by atoms with Gasteiger partial charge in [0.05, 0.1) is 17.2 Å². The summed E-state index contributed by atoms with van der Waals surface area (Å²) in [6.45, 7) is -0.260. The summed E-state index contributed by atoms with van der Waals surface area (Å²) in [6, 6.07) is 16.9. The Hall–Kier alpha value is -2.78. The molecule has 150 valence electrons.